The lowest BCUT2D eigenvalue weighted by atomic mass is 10.0. The number of rotatable bonds is 19. The van der Waals surface area contributed by atoms with Crippen molar-refractivity contribution in [2.45, 2.75) is 51.7 Å². The van der Waals surface area contributed by atoms with Crippen molar-refractivity contribution in [2.75, 3.05) is 45.8 Å². The van der Waals surface area contributed by atoms with Crippen molar-refractivity contribution in [2.24, 2.45) is 5.92 Å². The van der Waals surface area contributed by atoms with Gasteiger partial charge < -0.3 is 20.3 Å². The second-order valence-corrected chi connectivity index (χ2v) is 13.5. The van der Waals surface area contributed by atoms with Crippen molar-refractivity contribution in [1.82, 2.24) is 20.4 Å². The summed E-state index contributed by atoms with van der Waals surface area (Å²) in [6, 6.07) is 18.7. The van der Waals surface area contributed by atoms with Crippen molar-refractivity contribution in [3.63, 3.8) is 0 Å². The predicted molar refractivity (Wildman–Crippen MR) is 192 cm³/mol. The molecule has 0 saturated heterocycles. The van der Waals surface area contributed by atoms with Gasteiger partial charge in [-0.2, -0.15) is 11.8 Å². The number of carbonyl (C=O) groups excluding carboxylic acids is 4. The van der Waals surface area contributed by atoms with E-state index in [4.69, 9.17) is 4.74 Å². The van der Waals surface area contributed by atoms with Crippen LogP contribution in [-0.2, 0) is 36.9 Å². The Morgan fingerprint density at radius 1 is 0.939 bits per heavy atom. The van der Waals surface area contributed by atoms with E-state index >= 15 is 0 Å². The lowest BCUT2D eigenvalue weighted by Gasteiger charge is -2.30. The highest BCUT2D eigenvalue weighted by Crippen LogP contribution is 2.21. The number of non-ortho nitro benzene ring substituents is 1. The van der Waals surface area contributed by atoms with Gasteiger partial charge in [0.25, 0.3) is 5.69 Å². The molecule has 0 aliphatic carbocycles. The first-order chi connectivity index (χ1) is 23.4. The summed E-state index contributed by atoms with van der Waals surface area (Å²) in [7, 11) is 2.84. The second-order valence-electron chi connectivity index (χ2n) is 12.5. The van der Waals surface area contributed by atoms with Crippen LogP contribution in [0.3, 0.4) is 0 Å². The fraction of sp³-hybridized carbons (Fsp3) is 0.444. The normalized spacial score (nSPS) is 12.4. The summed E-state index contributed by atoms with van der Waals surface area (Å²) in [5, 5.41) is 19.0. The summed E-state index contributed by atoms with van der Waals surface area (Å²) < 4.78 is 4.93. The van der Waals surface area contributed by atoms with E-state index in [1.165, 1.54) is 43.3 Å². The largest absolute Gasteiger partial charge is 0.467 e. The standard InChI is InChI=1S/C36H47N5O7S/c1-25(2)19-29(37-33(42)23-39(3)35(44)20-26-13-15-30(16-14-26)41(46)47)22-40(21-28-11-8-10-27-9-6-7-12-31(27)28)24-34(43)38-32(17-18-49-5)36(45)48-4/h6-16,25,29,32H,17-24H2,1-5H3,(H,37,42)(H,38,43)/t29-,32-/m0/s1. The average Bonchev–Trinajstić information content (AvgIpc) is 3.06. The number of nitro benzene ring substituents is 1. The summed E-state index contributed by atoms with van der Waals surface area (Å²) in [4.78, 5) is 65.7. The van der Waals surface area contributed by atoms with Crippen LogP contribution in [0.2, 0.25) is 0 Å². The Morgan fingerprint density at radius 2 is 1.61 bits per heavy atom. The molecule has 0 heterocycles. The van der Waals surface area contributed by atoms with Crippen LogP contribution in [0, 0.1) is 16.0 Å². The van der Waals surface area contributed by atoms with Gasteiger partial charge in [0.15, 0.2) is 0 Å². The molecular formula is C36H47N5O7S. The smallest absolute Gasteiger partial charge is 0.328 e. The molecule has 2 N–H and O–H groups in total. The molecule has 13 heteroatoms. The van der Waals surface area contributed by atoms with Gasteiger partial charge in [-0.05, 0) is 52.7 Å². The van der Waals surface area contributed by atoms with Crippen molar-refractivity contribution >= 4 is 51.9 Å². The summed E-state index contributed by atoms with van der Waals surface area (Å²) in [6.45, 7) is 4.66. The number of nitrogens with zero attached hydrogens (tertiary/aromatic N) is 3. The Bertz CT molecular complexity index is 1580. The van der Waals surface area contributed by atoms with Crippen LogP contribution in [0.4, 0.5) is 5.69 Å². The Hall–Kier alpha value is -4.49. The van der Waals surface area contributed by atoms with E-state index in [0.717, 1.165) is 16.3 Å². The lowest BCUT2D eigenvalue weighted by Crippen LogP contribution is -2.51. The summed E-state index contributed by atoms with van der Waals surface area (Å²) in [5.74, 6) is -0.589. The van der Waals surface area contributed by atoms with Crippen LogP contribution in [0.1, 0.15) is 37.8 Å². The quantitative estimate of drug-likeness (QED) is 0.107. The Balaban J connectivity index is 1.76. The molecular weight excluding hydrogens is 646 g/mol. The second kappa shape index (κ2) is 19.5. The number of benzene rings is 3. The topological polar surface area (TPSA) is 151 Å². The number of hydrogen-bond donors (Lipinski definition) is 2. The Kier molecular flexibility index (Phi) is 15.5. The minimum absolute atomic E-state index is 0.00533. The molecule has 0 bridgehead atoms. The number of nitrogens with one attached hydrogen (secondary N) is 2. The fourth-order valence-electron chi connectivity index (χ4n) is 5.61. The number of esters is 1. The van der Waals surface area contributed by atoms with Gasteiger partial charge in [0.2, 0.25) is 17.7 Å². The zero-order chi connectivity index (χ0) is 35.9. The predicted octanol–water partition coefficient (Wildman–Crippen LogP) is 4.19. The lowest BCUT2D eigenvalue weighted by molar-refractivity contribution is -0.384. The van der Waals surface area contributed by atoms with E-state index in [2.05, 4.69) is 10.6 Å². The van der Waals surface area contributed by atoms with E-state index < -0.39 is 16.9 Å². The number of ether oxygens (including phenoxy) is 1. The molecule has 3 aromatic rings. The molecule has 0 fully saturated rings. The molecule has 0 aliphatic heterocycles. The Morgan fingerprint density at radius 3 is 2.27 bits per heavy atom. The van der Waals surface area contributed by atoms with E-state index in [1.54, 1.807) is 11.8 Å². The zero-order valence-corrected chi connectivity index (χ0v) is 29.7. The summed E-state index contributed by atoms with van der Waals surface area (Å²) in [5.41, 5.74) is 1.56. The SMILES string of the molecule is COC(=O)[C@H](CCSC)NC(=O)CN(Cc1cccc2ccccc12)C[C@H](CC(C)C)NC(=O)CN(C)C(=O)Cc1ccc([N+](=O)[O-])cc1. The van der Waals surface area contributed by atoms with E-state index in [0.29, 0.717) is 37.2 Å². The van der Waals surface area contributed by atoms with Gasteiger partial charge in [0.05, 0.1) is 31.5 Å². The van der Waals surface area contributed by atoms with Crippen LogP contribution >= 0.6 is 11.8 Å². The van der Waals surface area contributed by atoms with E-state index in [9.17, 15) is 29.3 Å². The maximum Gasteiger partial charge on any atom is 0.328 e. The van der Waals surface area contributed by atoms with Crippen LogP contribution < -0.4 is 10.6 Å². The molecule has 12 nitrogen and oxygen atoms in total. The molecule has 3 rings (SSSR count). The number of likely N-dealkylation sites (N-methyl/N-ethyl adjacent to an activating group) is 1. The molecule has 2 atom stereocenters. The molecule has 3 aromatic carbocycles. The van der Waals surface area contributed by atoms with Crippen molar-refractivity contribution in [1.29, 1.82) is 0 Å². The fourth-order valence-corrected chi connectivity index (χ4v) is 6.08. The first kappa shape index (κ1) is 39.0. The van der Waals surface area contributed by atoms with Crippen molar-refractivity contribution < 1.29 is 28.8 Å². The maximum atomic E-state index is 13.4. The van der Waals surface area contributed by atoms with Crippen molar-refractivity contribution in [3.05, 3.63) is 88.0 Å². The number of fused-ring (bicyclic) bond motifs is 1. The minimum atomic E-state index is -0.769. The first-order valence-corrected chi connectivity index (χ1v) is 17.6. The van der Waals surface area contributed by atoms with Gasteiger partial charge in [-0.25, -0.2) is 4.79 Å². The average molecular weight is 694 g/mol. The number of thioether (sulfide) groups is 1. The molecule has 264 valence electrons. The number of nitro groups is 1. The monoisotopic (exact) mass is 693 g/mol. The number of methoxy groups -OCH3 is 1. The van der Waals surface area contributed by atoms with Gasteiger partial charge >= 0.3 is 5.97 Å². The molecule has 0 spiro atoms. The van der Waals surface area contributed by atoms with Gasteiger partial charge in [0.1, 0.15) is 6.04 Å². The van der Waals surface area contributed by atoms with Crippen LogP contribution in [0.15, 0.2) is 66.7 Å². The number of amides is 3. The first-order valence-electron chi connectivity index (χ1n) is 16.2. The molecule has 0 saturated carbocycles. The minimum Gasteiger partial charge on any atom is -0.467 e. The van der Waals surface area contributed by atoms with E-state index in [-0.39, 0.29) is 54.9 Å². The summed E-state index contributed by atoms with van der Waals surface area (Å²) >= 11 is 1.57. The third-order valence-corrected chi connectivity index (χ3v) is 8.63. The summed E-state index contributed by atoms with van der Waals surface area (Å²) in [6.07, 6.45) is 2.98. The van der Waals surface area contributed by atoms with Gasteiger partial charge in [-0.1, -0.05) is 68.4 Å². The molecule has 3 amide bonds. The highest BCUT2D eigenvalue weighted by molar-refractivity contribution is 7.98. The molecule has 0 aliphatic rings. The highest BCUT2D eigenvalue weighted by Gasteiger charge is 2.25. The number of hydrogen-bond acceptors (Lipinski definition) is 9. The third kappa shape index (κ3) is 12.8. The zero-order valence-electron chi connectivity index (χ0n) is 28.8. The highest BCUT2D eigenvalue weighted by atomic mass is 32.2. The van der Waals surface area contributed by atoms with E-state index in [1.807, 2.05) is 67.5 Å². The third-order valence-electron chi connectivity index (χ3n) is 7.98. The Labute approximate surface area is 292 Å². The van der Waals surface area contributed by atoms with Crippen molar-refractivity contribution in [3.8, 4) is 0 Å². The van der Waals surface area contributed by atoms with Crippen LogP contribution in [0.5, 0.6) is 0 Å². The molecule has 0 aromatic heterocycles. The molecule has 49 heavy (non-hydrogen) atoms. The van der Waals surface area contributed by atoms with Crippen LogP contribution in [0.25, 0.3) is 10.8 Å². The van der Waals surface area contributed by atoms with Gasteiger partial charge in [0, 0.05) is 38.3 Å². The van der Waals surface area contributed by atoms with Gasteiger partial charge in [-0.15, -0.1) is 0 Å². The maximum absolute atomic E-state index is 13.4. The number of carbonyl (C=O) groups is 4. The van der Waals surface area contributed by atoms with Crippen LogP contribution in [-0.4, -0.2) is 96.3 Å². The molecule has 0 radical (unpaired) electrons. The van der Waals surface area contributed by atoms with Gasteiger partial charge in [-0.3, -0.25) is 29.4 Å². The molecule has 0 unspecified atom stereocenters.